The van der Waals surface area contributed by atoms with Crippen LogP contribution in [0.4, 0.5) is 0 Å². The molecule has 0 saturated carbocycles. The van der Waals surface area contributed by atoms with Crippen molar-refractivity contribution in [3.63, 3.8) is 0 Å². The van der Waals surface area contributed by atoms with Gasteiger partial charge in [-0.05, 0) is 29.9 Å². The Morgan fingerprint density at radius 2 is 1.82 bits per heavy atom. The first kappa shape index (κ1) is 29.2. The molecule has 4 N–H and O–H groups in total. The molecule has 3 amide bonds. The number of aliphatic hydroxyl groups excluding tert-OH is 1. The summed E-state index contributed by atoms with van der Waals surface area (Å²) in [6, 6.07) is 5.06. The number of hydrogen-bond acceptors (Lipinski definition) is 7. The van der Waals surface area contributed by atoms with Crippen LogP contribution in [0.1, 0.15) is 64.3 Å². The molecule has 0 radical (unpaired) electrons. The molecular formula is C27H36N4O6S. The average Bonchev–Trinajstić information content (AvgIpc) is 3.44. The van der Waals surface area contributed by atoms with E-state index in [-0.39, 0.29) is 31.7 Å². The van der Waals surface area contributed by atoms with Crippen LogP contribution in [0, 0.1) is 12.3 Å². The monoisotopic (exact) mass is 544 g/mol. The van der Waals surface area contributed by atoms with Crippen molar-refractivity contribution >= 4 is 35.0 Å². The summed E-state index contributed by atoms with van der Waals surface area (Å²) in [5, 5.41) is 25.2. The highest BCUT2D eigenvalue weighted by Gasteiger charge is 2.44. The maximum absolute atomic E-state index is 13.5. The topological polar surface area (TPSA) is 149 Å². The fraction of sp³-hybridized carbons (Fsp3) is 0.519. The Kier molecular flexibility index (Phi) is 9.26. The van der Waals surface area contributed by atoms with Gasteiger partial charge in [-0.15, -0.1) is 11.3 Å². The van der Waals surface area contributed by atoms with Crippen molar-refractivity contribution in [1.29, 1.82) is 0 Å². The highest BCUT2D eigenvalue weighted by atomic mass is 32.1. The number of carbonyl (C=O) groups is 4. The fourth-order valence-corrected chi connectivity index (χ4v) is 5.44. The van der Waals surface area contributed by atoms with Crippen LogP contribution in [0.25, 0.3) is 10.4 Å². The second-order valence-electron chi connectivity index (χ2n) is 10.8. The second-order valence-corrected chi connectivity index (χ2v) is 11.6. The maximum atomic E-state index is 13.5. The number of carbonyl (C=O) groups excluding carboxylic acids is 3. The van der Waals surface area contributed by atoms with Gasteiger partial charge >= 0.3 is 5.97 Å². The molecule has 1 aliphatic heterocycles. The predicted octanol–water partition coefficient (Wildman–Crippen LogP) is 2.65. The molecule has 0 aliphatic carbocycles. The van der Waals surface area contributed by atoms with Crippen LogP contribution in [0.5, 0.6) is 0 Å². The largest absolute Gasteiger partial charge is 0.481 e. The van der Waals surface area contributed by atoms with E-state index in [2.05, 4.69) is 15.6 Å². The maximum Gasteiger partial charge on any atom is 0.303 e. The Morgan fingerprint density at radius 3 is 2.34 bits per heavy atom. The normalized spacial score (nSPS) is 19.1. The van der Waals surface area contributed by atoms with Gasteiger partial charge < -0.3 is 25.7 Å². The number of carboxylic acids is 1. The van der Waals surface area contributed by atoms with Crippen LogP contribution in [0.3, 0.4) is 0 Å². The quantitative estimate of drug-likeness (QED) is 0.379. The van der Waals surface area contributed by atoms with Crippen molar-refractivity contribution in [2.24, 2.45) is 5.41 Å². The lowest BCUT2D eigenvalue weighted by Crippen LogP contribution is -2.57. The summed E-state index contributed by atoms with van der Waals surface area (Å²) in [5.41, 5.74) is 3.76. The first-order chi connectivity index (χ1) is 17.8. The van der Waals surface area contributed by atoms with E-state index in [9.17, 15) is 29.4 Å². The van der Waals surface area contributed by atoms with Gasteiger partial charge in [0.2, 0.25) is 17.7 Å². The number of hydrogen-bond donors (Lipinski definition) is 4. The zero-order valence-electron chi connectivity index (χ0n) is 22.4. The summed E-state index contributed by atoms with van der Waals surface area (Å²) in [7, 11) is 0. The molecule has 206 valence electrons. The second kappa shape index (κ2) is 12.0. The van der Waals surface area contributed by atoms with Gasteiger partial charge in [-0.3, -0.25) is 19.2 Å². The van der Waals surface area contributed by atoms with Gasteiger partial charge in [-0.1, -0.05) is 45.0 Å². The molecule has 2 aromatic rings. The van der Waals surface area contributed by atoms with Crippen molar-refractivity contribution in [2.45, 2.75) is 78.1 Å². The van der Waals surface area contributed by atoms with Crippen molar-refractivity contribution in [1.82, 2.24) is 20.5 Å². The summed E-state index contributed by atoms with van der Waals surface area (Å²) in [5.74, 6) is -2.29. The number of likely N-dealkylation sites (tertiary alicyclic amines) is 1. The van der Waals surface area contributed by atoms with Gasteiger partial charge in [0, 0.05) is 26.3 Å². The van der Waals surface area contributed by atoms with E-state index in [1.165, 1.54) is 23.2 Å². The Bertz CT molecular complexity index is 1170. The molecule has 0 bridgehead atoms. The first-order valence-electron chi connectivity index (χ1n) is 12.6. The molecule has 3 rings (SSSR count). The summed E-state index contributed by atoms with van der Waals surface area (Å²) in [6.45, 7) is 8.65. The number of thiazole rings is 1. The summed E-state index contributed by atoms with van der Waals surface area (Å²) < 4.78 is 0. The SMILES string of the molecule is CC(=O)N[C@H](C(=O)N1C[C@H](O)C[C@H]1C(=O)N[C@@H](CCC(=O)O)c1ccc(-c2scnc2C)cc1)C(C)(C)C. The minimum atomic E-state index is -0.988. The number of aromatic nitrogens is 1. The molecule has 38 heavy (non-hydrogen) atoms. The van der Waals surface area contributed by atoms with Crippen molar-refractivity contribution < 1.29 is 29.4 Å². The highest BCUT2D eigenvalue weighted by molar-refractivity contribution is 7.13. The summed E-state index contributed by atoms with van der Waals surface area (Å²) >= 11 is 1.52. The number of β-amino-alcohol motifs (C(OH)–C–C–N with tert-alkyl or cyclic N) is 1. The molecule has 1 aromatic carbocycles. The molecule has 1 fully saturated rings. The number of amides is 3. The molecule has 4 atom stereocenters. The molecule has 10 nitrogen and oxygen atoms in total. The van der Waals surface area contributed by atoms with E-state index in [1.807, 2.05) is 52.0 Å². The third-order valence-corrected chi connectivity index (χ3v) is 7.59. The van der Waals surface area contributed by atoms with Gasteiger partial charge in [0.25, 0.3) is 0 Å². The molecular weight excluding hydrogens is 508 g/mol. The van der Waals surface area contributed by atoms with E-state index in [1.54, 1.807) is 5.51 Å². The number of rotatable bonds is 9. The number of aliphatic hydroxyl groups is 1. The van der Waals surface area contributed by atoms with E-state index in [0.29, 0.717) is 0 Å². The molecule has 11 heteroatoms. The minimum absolute atomic E-state index is 0.0359. The summed E-state index contributed by atoms with van der Waals surface area (Å²) in [6.07, 6.45) is -0.860. The van der Waals surface area contributed by atoms with Gasteiger partial charge in [0.15, 0.2) is 0 Å². The number of aryl methyl sites for hydroxylation is 1. The molecule has 0 unspecified atom stereocenters. The zero-order chi connectivity index (χ0) is 28.2. The first-order valence-corrected chi connectivity index (χ1v) is 13.4. The van der Waals surface area contributed by atoms with Crippen molar-refractivity contribution in [3.8, 4) is 10.4 Å². The van der Waals surface area contributed by atoms with Gasteiger partial charge in [-0.2, -0.15) is 0 Å². The zero-order valence-corrected chi connectivity index (χ0v) is 23.2. The Labute approximate surface area is 226 Å². The molecule has 1 aliphatic rings. The smallest absolute Gasteiger partial charge is 0.303 e. The van der Waals surface area contributed by atoms with Crippen LogP contribution in [-0.4, -0.2) is 68.5 Å². The molecule has 2 heterocycles. The average molecular weight is 545 g/mol. The number of aliphatic carboxylic acids is 1. The van der Waals surface area contributed by atoms with Crippen molar-refractivity contribution in [3.05, 3.63) is 41.0 Å². The van der Waals surface area contributed by atoms with Crippen LogP contribution in [0.2, 0.25) is 0 Å². The lowest BCUT2D eigenvalue weighted by molar-refractivity contribution is -0.144. The Hall–Kier alpha value is -3.31. The Morgan fingerprint density at radius 1 is 1.16 bits per heavy atom. The Balaban J connectivity index is 1.83. The molecule has 1 saturated heterocycles. The lowest BCUT2D eigenvalue weighted by atomic mass is 9.85. The number of nitrogens with one attached hydrogen (secondary N) is 2. The number of carboxylic acid groups (broad SMARTS) is 1. The lowest BCUT2D eigenvalue weighted by Gasteiger charge is -2.35. The highest BCUT2D eigenvalue weighted by Crippen LogP contribution is 2.30. The van der Waals surface area contributed by atoms with E-state index >= 15 is 0 Å². The molecule has 1 aromatic heterocycles. The molecule has 0 spiro atoms. The third-order valence-electron chi connectivity index (χ3n) is 6.61. The van der Waals surface area contributed by atoms with Gasteiger partial charge in [0.1, 0.15) is 12.1 Å². The third kappa shape index (κ3) is 7.16. The predicted molar refractivity (Wildman–Crippen MR) is 143 cm³/mol. The fourth-order valence-electron chi connectivity index (χ4n) is 4.63. The van der Waals surface area contributed by atoms with E-state index < -0.39 is 47.4 Å². The van der Waals surface area contributed by atoms with Gasteiger partial charge in [0.05, 0.1) is 28.2 Å². The summed E-state index contributed by atoms with van der Waals surface area (Å²) in [4.78, 5) is 56.7. The van der Waals surface area contributed by atoms with Crippen LogP contribution >= 0.6 is 11.3 Å². The van der Waals surface area contributed by atoms with Gasteiger partial charge in [-0.25, -0.2) is 4.98 Å². The standard InChI is InChI=1S/C27H36N4O6S/c1-15-23(38-14-28-15)18-8-6-17(7-9-18)20(10-11-22(34)35)30-25(36)21-12-19(33)13-31(21)26(37)24(27(3,4)5)29-16(2)32/h6-9,14,19-21,24,33H,10-13H2,1-5H3,(H,29,32)(H,30,36)(H,34,35)/t19-,20+,21+,24-/m1/s1. The number of nitrogens with zero attached hydrogens (tertiary/aromatic N) is 2. The van der Waals surface area contributed by atoms with E-state index in [4.69, 9.17) is 0 Å². The van der Waals surface area contributed by atoms with Crippen LogP contribution < -0.4 is 10.6 Å². The van der Waals surface area contributed by atoms with Crippen LogP contribution in [0.15, 0.2) is 29.8 Å². The minimum Gasteiger partial charge on any atom is -0.481 e. The number of benzene rings is 1. The van der Waals surface area contributed by atoms with Crippen LogP contribution in [-0.2, 0) is 19.2 Å². The van der Waals surface area contributed by atoms with Crippen molar-refractivity contribution in [2.75, 3.05) is 6.54 Å². The van der Waals surface area contributed by atoms with E-state index in [0.717, 1.165) is 21.7 Å².